The number of halogens is 4. The molecule has 3 heterocycles. The van der Waals surface area contributed by atoms with Crippen LogP contribution in [0.2, 0.25) is 0 Å². The first-order chi connectivity index (χ1) is 12.8. The van der Waals surface area contributed by atoms with Gasteiger partial charge in [-0.15, -0.1) is 0 Å². The molecular weight excluding hydrogens is 368 g/mol. The Hall–Kier alpha value is -3.63. The number of hydrogen-bond donors (Lipinski definition) is 3. The summed E-state index contributed by atoms with van der Waals surface area (Å²) in [4.78, 5) is 4.11. The summed E-state index contributed by atoms with van der Waals surface area (Å²) in [5.74, 6) is -1.12. The minimum Gasteiger partial charge on any atom is -0.398 e. The quantitative estimate of drug-likeness (QED) is 0.362. The van der Waals surface area contributed by atoms with Gasteiger partial charge in [0.15, 0.2) is 11.4 Å². The number of alkyl halides is 3. The molecule has 4 aromatic rings. The largest absolute Gasteiger partial charge is 0.418 e. The highest BCUT2D eigenvalue weighted by atomic mass is 19.4. The van der Waals surface area contributed by atoms with E-state index in [1.165, 1.54) is 12.4 Å². The number of rotatable bonds is 2. The second kappa shape index (κ2) is 5.69. The van der Waals surface area contributed by atoms with Crippen molar-refractivity contribution in [3.63, 3.8) is 0 Å². The lowest BCUT2D eigenvalue weighted by Crippen LogP contribution is -2.10. The van der Waals surface area contributed by atoms with E-state index in [0.29, 0.717) is 23.3 Å². The minimum absolute atomic E-state index is 0.0884. The Morgan fingerprint density at radius 1 is 1.07 bits per heavy atom. The second-order valence-corrected chi connectivity index (χ2v) is 5.70. The van der Waals surface area contributed by atoms with Crippen LogP contribution in [0.4, 0.5) is 29.1 Å². The highest BCUT2D eigenvalue weighted by Crippen LogP contribution is 2.41. The molecule has 0 saturated heterocycles. The highest BCUT2D eigenvalue weighted by molar-refractivity contribution is 6.05. The molecule has 0 spiro atoms. The van der Waals surface area contributed by atoms with Crippen molar-refractivity contribution in [2.24, 2.45) is 0 Å². The smallest absolute Gasteiger partial charge is 0.398 e. The third kappa shape index (κ3) is 2.63. The van der Waals surface area contributed by atoms with Gasteiger partial charge in [0.05, 0.1) is 22.8 Å². The first-order valence-electron chi connectivity index (χ1n) is 7.47. The molecule has 0 saturated carbocycles. The fourth-order valence-corrected chi connectivity index (χ4v) is 2.79. The molecule has 0 bridgehead atoms. The molecule has 0 amide bonds. The Morgan fingerprint density at radius 2 is 1.85 bits per heavy atom. The molecule has 0 atom stereocenters. The van der Waals surface area contributed by atoms with Crippen LogP contribution in [-0.4, -0.2) is 20.3 Å². The average molecular weight is 378 g/mol. The van der Waals surface area contributed by atoms with Crippen molar-refractivity contribution in [2.45, 2.75) is 6.18 Å². The van der Waals surface area contributed by atoms with E-state index in [1.54, 1.807) is 6.20 Å². The molecule has 0 unspecified atom stereocenters. The van der Waals surface area contributed by atoms with E-state index in [4.69, 9.17) is 16.0 Å². The monoisotopic (exact) mass is 378 g/mol. The van der Waals surface area contributed by atoms with Gasteiger partial charge in [-0.25, -0.2) is 4.39 Å². The molecule has 1 aromatic carbocycles. The summed E-state index contributed by atoms with van der Waals surface area (Å²) in [7, 11) is 0. The molecule has 27 heavy (non-hydrogen) atoms. The van der Waals surface area contributed by atoms with Gasteiger partial charge in [-0.2, -0.15) is 18.3 Å². The van der Waals surface area contributed by atoms with Gasteiger partial charge >= 0.3 is 6.18 Å². The number of anilines is 2. The summed E-state index contributed by atoms with van der Waals surface area (Å²) in [6.45, 7) is 0. The summed E-state index contributed by atoms with van der Waals surface area (Å²) >= 11 is 0. The van der Waals surface area contributed by atoms with Gasteiger partial charge < -0.3 is 16.0 Å². The van der Waals surface area contributed by atoms with Crippen molar-refractivity contribution in [1.29, 1.82) is 0 Å². The molecule has 7 nitrogen and oxygen atoms in total. The van der Waals surface area contributed by atoms with E-state index in [-0.39, 0.29) is 22.5 Å². The van der Waals surface area contributed by atoms with Crippen LogP contribution in [0.1, 0.15) is 5.56 Å². The SMILES string of the molecule is Nc1cc(F)c(-c2ncc(-c3cn[nH]c3)c3onc(N)c23)cc1C(F)(F)F. The minimum atomic E-state index is -4.76. The van der Waals surface area contributed by atoms with Crippen molar-refractivity contribution in [3.05, 3.63) is 42.1 Å². The number of benzene rings is 1. The Bertz CT molecular complexity index is 1150. The van der Waals surface area contributed by atoms with Crippen LogP contribution >= 0.6 is 0 Å². The molecule has 0 aliphatic heterocycles. The number of H-pyrrole nitrogens is 1. The zero-order chi connectivity index (χ0) is 19.3. The Morgan fingerprint density at radius 3 is 2.52 bits per heavy atom. The molecule has 11 heteroatoms. The van der Waals surface area contributed by atoms with E-state index in [2.05, 4.69) is 20.3 Å². The van der Waals surface area contributed by atoms with Crippen molar-refractivity contribution in [3.8, 4) is 22.4 Å². The zero-order valence-electron chi connectivity index (χ0n) is 13.3. The molecule has 0 aliphatic rings. The number of fused-ring (bicyclic) bond motifs is 1. The lowest BCUT2D eigenvalue weighted by atomic mass is 10.0. The molecule has 138 valence electrons. The number of nitrogens with zero attached hydrogens (tertiary/aromatic N) is 3. The molecule has 0 radical (unpaired) electrons. The molecule has 4 rings (SSSR count). The molecule has 5 N–H and O–H groups in total. The van der Waals surface area contributed by atoms with Crippen molar-refractivity contribution in [1.82, 2.24) is 20.3 Å². The van der Waals surface area contributed by atoms with Crippen LogP contribution in [0.25, 0.3) is 33.4 Å². The Balaban J connectivity index is 2.02. The Kier molecular flexibility index (Phi) is 3.54. The van der Waals surface area contributed by atoms with Gasteiger partial charge in [0, 0.05) is 34.8 Å². The first kappa shape index (κ1) is 16.8. The van der Waals surface area contributed by atoms with Crippen LogP contribution in [0.3, 0.4) is 0 Å². The summed E-state index contributed by atoms with van der Waals surface area (Å²) < 4.78 is 59.2. The number of pyridine rings is 1. The van der Waals surface area contributed by atoms with Crippen molar-refractivity contribution in [2.75, 3.05) is 11.5 Å². The van der Waals surface area contributed by atoms with Crippen LogP contribution in [0.5, 0.6) is 0 Å². The molecule has 0 fully saturated rings. The number of nitrogens with one attached hydrogen (secondary N) is 1. The predicted molar refractivity (Wildman–Crippen MR) is 88.6 cm³/mol. The highest BCUT2D eigenvalue weighted by Gasteiger charge is 2.34. The van der Waals surface area contributed by atoms with E-state index in [1.807, 2.05) is 0 Å². The lowest BCUT2D eigenvalue weighted by molar-refractivity contribution is -0.136. The maximum absolute atomic E-state index is 14.4. The van der Waals surface area contributed by atoms with E-state index in [0.717, 1.165) is 0 Å². The normalized spacial score (nSPS) is 12.0. The van der Waals surface area contributed by atoms with Crippen molar-refractivity contribution < 1.29 is 22.1 Å². The average Bonchev–Trinajstić information content (AvgIpc) is 3.24. The predicted octanol–water partition coefficient (Wildman–Crippen LogP) is 3.60. The number of hydrogen-bond acceptors (Lipinski definition) is 6. The van der Waals surface area contributed by atoms with Gasteiger partial charge in [-0.05, 0) is 12.1 Å². The number of nitrogens with two attached hydrogens (primary N) is 2. The molecule has 3 aromatic heterocycles. The van der Waals surface area contributed by atoms with E-state index >= 15 is 0 Å². The molecular formula is C16H10F4N6O. The van der Waals surface area contributed by atoms with E-state index < -0.39 is 28.8 Å². The third-order valence-corrected chi connectivity index (χ3v) is 4.03. The first-order valence-corrected chi connectivity index (χ1v) is 7.47. The van der Waals surface area contributed by atoms with Crippen LogP contribution < -0.4 is 11.5 Å². The maximum atomic E-state index is 14.4. The van der Waals surface area contributed by atoms with Crippen LogP contribution in [-0.2, 0) is 6.18 Å². The van der Waals surface area contributed by atoms with E-state index in [9.17, 15) is 17.6 Å². The van der Waals surface area contributed by atoms with Gasteiger partial charge in [-0.1, -0.05) is 5.16 Å². The molecule has 0 aliphatic carbocycles. The van der Waals surface area contributed by atoms with Gasteiger partial charge in [0.2, 0.25) is 0 Å². The van der Waals surface area contributed by atoms with Crippen molar-refractivity contribution >= 4 is 22.5 Å². The van der Waals surface area contributed by atoms with Crippen LogP contribution in [0.15, 0.2) is 35.2 Å². The second-order valence-electron chi connectivity index (χ2n) is 5.70. The number of nitrogen functional groups attached to an aromatic ring is 2. The summed E-state index contributed by atoms with van der Waals surface area (Å²) in [5, 5.41) is 10.1. The van der Waals surface area contributed by atoms with Crippen LogP contribution in [0, 0.1) is 5.82 Å². The lowest BCUT2D eigenvalue weighted by Gasteiger charge is -2.13. The Labute approximate surface area is 148 Å². The zero-order valence-corrected chi connectivity index (χ0v) is 13.3. The summed E-state index contributed by atoms with van der Waals surface area (Å²) in [5.41, 5.74) is 9.83. The fraction of sp³-hybridized carbons (Fsp3) is 0.0625. The maximum Gasteiger partial charge on any atom is 0.418 e. The van der Waals surface area contributed by atoms with Gasteiger partial charge in [0.1, 0.15) is 5.82 Å². The van der Waals surface area contributed by atoms with Gasteiger partial charge in [0.25, 0.3) is 0 Å². The third-order valence-electron chi connectivity index (χ3n) is 4.03. The summed E-state index contributed by atoms with van der Waals surface area (Å²) in [6, 6.07) is 1.19. The number of aromatic nitrogens is 4. The fourth-order valence-electron chi connectivity index (χ4n) is 2.79. The summed E-state index contributed by atoms with van der Waals surface area (Å²) in [6.07, 6.45) is -0.403. The topological polar surface area (TPSA) is 120 Å². The standard InChI is InChI=1S/C16H10F4N6O/c17-10-2-11(21)9(16(18,19)20)1-7(10)13-12-14(27-26-15(12)22)8(5-23-13)6-3-24-25-4-6/h1-5H,21H2,(H2,22,26)(H,24,25). The van der Waals surface area contributed by atoms with Gasteiger partial charge in [-0.3, -0.25) is 10.1 Å². The number of aromatic amines is 1.